The van der Waals surface area contributed by atoms with Crippen LogP contribution in [0.15, 0.2) is 24.3 Å². The van der Waals surface area contributed by atoms with Crippen molar-refractivity contribution in [3.8, 4) is 0 Å². The van der Waals surface area contributed by atoms with E-state index in [4.69, 9.17) is 16.3 Å². The van der Waals surface area contributed by atoms with Crippen molar-refractivity contribution in [2.75, 3.05) is 45.9 Å². The highest BCUT2D eigenvalue weighted by atomic mass is 35.5. The van der Waals surface area contributed by atoms with Crippen LogP contribution in [0.25, 0.3) is 0 Å². The van der Waals surface area contributed by atoms with Gasteiger partial charge in [-0.2, -0.15) is 0 Å². The van der Waals surface area contributed by atoms with E-state index in [0.29, 0.717) is 13.2 Å². The van der Waals surface area contributed by atoms with Crippen LogP contribution < -0.4 is 0 Å². The normalized spacial score (nSPS) is 18.5. The second-order valence-electron chi connectivity index (χ2n) is 5.93. The zero-order valence-corrected chi connectivity index (χ0v) is 14.1. The molecule has 1 atom stereocenters. The van der Waals surface area contributed by atoms with Gasteiger partial charge in [0.1, 0.15) is 0 Å². The SMILES string of the molecule is CCCOCC(O)CN1CCN(Cc2ccc(Cl)cc2)CC1. The monoisotopic (exact) mass is 326 g/mol. The van der Waals surface area contributed by atoms with Crippen LogP contribution >= 0.6 is 11.6 Å². The molecule has 124 valence electrons. The fraction of sp³-hybridized carbons (Fsp3) is 0.647. The molecule has 1 aromatic rings. The molecule has 1 fully saturated rings. The van der Waals surface area contributed by atoms with Gasteiger partial charge in [0.25, 0.3) is 0 Å². The van der Waals surface area contributed by atoms with Crippen LogP contribution in [0.4, 0.5) is 0 Å². The topological polar surface area (TPSA) is 35.9 Å². The lowest BCUT2D eigenvalue weighted by Gasteiger charge is -2.35. The quantitative estimate of drug-likeness (QED) is 0.743. The Labute approximate surface area is 138 Å². The van der Waals surface area contributed by atoms with Gasteiger partial charge in [0.05, 0.1) is 12.7 Å². The van der Waals surface area contributed by atoms with E-state index in [1.54, 1.807) is 0 Å². The number of aliphatic hydroxyl groups is 1. The summed E-state index contributed by atoms with van der Waals surface area (Å²) in [6, 6.07) is 8.06. The first-order valence-electron chi connectivity index (χ1n) is 8.12. The van der Waals surface area contributed by atoms with Crippen LogP contribution in [-0.2, 0) is 11.3 Å². The van der Waals surface area contributed by atoms with Gasteiger partial charge in [-0.1, -0.05) is 30.7 Å². The second kappa shape index (κ2) is 9.48. The number of nitrogens with zero attached hydrogens (tertiary/aromatic N) is 2. The minimum absolute atomic E-state index is 0.380. The highest BCUT2D eigenvalue weighted by Gasteiger charge is 2.19. The van der Waals surface area contributed by atoms with E-state index in [0.717, 1.165) is 50.8 Å². The molecule has 0 amide bonds. The van der Waals surface area contributed by atoms with Crippen molar-refractivity contribution < 1.29 is 9.84 Å². The molecule has 1 saturated heterocycles. The van der Waals surface area contributed by atoms with E-state index in [1.165, 1.54) is 5.56 Å². The summed E-state index contributed by atoms with van der Waals surface area (Å²) in [7, 11) is 0. The molecule has 1 unspecified atom stereocenters. The van der Waals surface area contributed by atoms with Crippen LogP contribution in [0, 0.1) is 0 Å². The number of benzene rings is 1. The Hall–Kier alpha value is -0.650. The molecule has 1 N–H and O–H groups in total. The number of hydrogen-bond donors (Lipinski definition) is 1. The van der Waals surface area contributed by atoms with Crippen LogP contribution in [-0.4, -0.2) is 66.9 Å². The maximum Gasteiger partial charge on any atom is 0.0900 e. The molecule has 0 radical (unpaired) electrons. The number of ether oxygens (including phenoxy) is 1. The first kappa shape index (κ1) is 17.7. The Morgan fingerprint density at radius 1 is 1.14 bits per heavy atom. The lowest BCUT2D eigenvalue weighted by atomic mass is 10.2. The van der Waals surface area contributed by atoms with Crippen molar-refractivity contribution in [1.82, 2.24) is 9.80 Å². The molecule has 0 bridgehead atoms. The zero-order chi connectivity index (χ0) is 15.8. The van der Waals surface area contributed by atoms with Gasteiger partial charge in [0.15, 0.2) is 0 Å². The smallest absolute Gasteiger partial charge is 0.0900 e. The molecule has 2 rings (SSSR count). The van der Waals surface area contributed by atoms with Gasteiger partial charge in [0.2, 0.25) is 0 Å². The summed E-state index contributed by atoms with van der Waals surface area (Å²) in [6.45, 7) is 8.98. The number of halogens is 1. The van der Waals surface area contributed by atoms with Gasteiger partial charge >= 0.3 is 0 Å². The number of aliphatic hydroxyl groups excluding tert-OH is 1. The van der Waals surface area contributed by atoms with E-state index < -0.39 is 0 Å². The largest absolute Gasteiger partial charge is 0.389 e. The van der Waals surface area contributed by atoms with Crippen molar-refractivity contribution in [2.45, 2.75) is 26.0 Å². The Morgan fingerprint density at radius 2 is 1.77 bits per heavy atom. The Kier molecular flexibility index (Phi) is 7.63. The molecule has 1 aliphatic rings. The van der Waals surface area contributed by atoms with Crippen molar-refractivity contribution in [3.05, 3.63) is 34.9 Å². The predicted octanol–water partition coefficient (Wildman–Crippen LogP) is 2.25. The molecule has 1 aromatic carbocycles. The van der Waals surface area contributed by atoms with E-state index in [-0.39, 0.29) is 6.10 Å². The number of β-amino-alcohol motifs (C(OH)–C–C–N with tert-alkyl or cyclic N) is 1. The van der Waals surface area contributed by atoms with Crippen LogP contribution in [0.2, 0.25) is 5.02 Å². The third-order valence-electron chi connectivity index (χ3n) is 3.91. The highest BCUT2D eigenvalue weighted by molar-refractivity contribution is 6.30. The molecule has 1 aliphatic heterocycles. The molecule has 5 heteroatoms. The lowest BCUT2D eigenvalue weighted by molar-refractivity contribution is 0.00674. The predicted molar refractivity (Wildman–Crippen MR) is 90.3 cm³/mol. The van der Waals surface area contributed by atoms with Gasteiger partial charge in [0, 0.05) is 50.9 Å². The zero-order valence-electron chi connectivity index (χ0n) is 13.4. The first-order chi connectivity index (χ1) is 10.7. The molecule has 0 spiro atoms. The number of piperazine rings is 1. The molecule has 0 saturated carbocycles. The van der Waals surface area contributed by atoms with Gasteiger partial charge in [-0.25, -0.2) is 0 Å². The van der Waals surface area contributed by atoms with Crippen molar-refractivity contribution in [2.24, 2.45) is 0 Å². The Bertz CT molecular complexity index is 419. The van der Waals surface area contributed by atoms with Crippen molar-refractivity contribution in [3.63, 3.8) is 0 Å². The van der Waals surface area contributed by atoms with E-state index in [1.807, 2.05) is 12.1 Å². The summed E-state index contributed by atoms with van der Waals surface area (Å²) in [5.41, 5.74) is 1.30. The minimum atomic E-state index is -0.380. The molecule has 1 heterocycles. The molecule has 4 nitrogen and oxygen atoms in total. The summed E-state index contributed by atoms with van der Waals surface area (Å²) in [5.74, 6) is 0. The summed E-state index contributed by atoms with van der Waals surface area (Å²) in [4.78, 5) is 4.76. The molecule has 22 heavy (non-hydrogen) atoms. The van der Waals surface area contributed by atoms with E-state index in [2.05, 4.69) is 28.9 Å². The standard InChI is InChI=1S/C17H27ClN2O2/c1-2-11-22-14-17(21)13-20-9-7-19(8-10-20)12-15-3-5-16(18)6-4-15/h3-6,17,21H,2,7-14H2,1H3. The third-order valence-corrected chi connectivity index (χ3v) is 4.16. The first-order valence-corrected chi connectivity index (χ1v) is 8.50. The third kappa shape index (κ3) is 6.23. The highest BCUT2D eigenvalue weighted by Crippen LogP contribution is 2.13. The average Bonchev–Trinajstić information content (AvgIpc) is 2.52. The van der Waals surface area contributed by atoms with Gasteiger partial charge in [-0.15, -0.1) is 0 Å². The summed E-state index contributed by atoms with van der Waals surface area (Å²) in [6.07, 6.45) is 0.616. The van der Waals surface area contributed by atoms with E-state index in [9.17, 15) is 5.11 Å². The molecular formula is C17H27ClN2O2. The Morgan fingerprint density at radius 3 is 2.41 bits per heavy atom. The number of hydrogen-bond acceptors (Lipinski definition) is 4. The molecular weight excluding hydrogens is 300 g/mol. The van der Waals surface area contributed by atoms with Crippen molar-refractivity contribution >= 4 is 11.6 Å². The lowest BCUT2D eigenvalue weighted by Crippen LogP contribution is -2.48. The van der Waals surface area contributed by atoms with Gasteiger partial charge in [-0.3, -0.25) is 9.80 Å². The van der Waals surface area contributed by atoms with Crippen LogP contribution in [0.3, 0.4) is 0 Å². The maximum atomic E-state index is 9.96. The summed E-state index contributed by atoms with van der Waals surface area (Å²) in [5, 5.41) is 10.7. The summed E-state index contributed by atoms with van der Waals surface area (Å²) >= 11 is 5.91. The second-order valence-corrected chi connectivity index (χ2v) is 6.37. The fourth-order valence-electron chi connectivity index (χ4n) is 2.69. The summed E-state index contributed by atoms with van der Waals surface area (Å²) < 4.78 is 5.40. The molecule has 0 aliphatic carbocycles. The number of rotatable bonds is 8. The fourth-order valence-corrected chi connectivity index (χ4v) is 2.82. The van der Waals surface area contributed by atoms with Crippen LogP contribution in [0.1, 0.15) is 18.9 Å². The van der Waals surface area contributed by atoms with Gasteiger partial charge < -0.3 is 9.84 Å². The minimum Gasteiger partial charge on any atom is -0.389 e. The van der Waals surface area contributed by atoms with Crippen LogP contribution in [0.5, 0.6) is 0 Å². The maximum absolute atomic E-state index is 9.96. The Balaban J connectivity index is 1.66. The molecule has 0 aromatic heterocycles. The van der Waals surface area contributed by atoms with E-state index >= 15 is 0 Å². The van der Waals surface area contributed by atoms with Crippen molar-refractivity contribution in [1.29, 1.82) is 0 Å². The average molecular weight is 327 g/mol. The van der Waals surface area contributed by atoms with Gasteiger partial charge in [-0.05, 0) is 24.1 Å².